The first kappa shape index (κ1) is 14.1. The molecule has 1 saturated heterocycles. The van der Waals surface area contributed by atoms with Crippen LogP contribution in [-0.2, 0) is 11.3 Å². The van der Waals surface area contributed by atoms with Crippen LogP contribution in [0, 0.1) is 11.3 Å². The Hall–Kier alpha value is -2.35. The zero-order valence-corrected chi connectivity index (χ0v) is 11.4. The molecule has 20 heavy (non-hydrogen) atoms. The van der Waals surface area contributed by atoms with Crippen LogP contribution in [0.1, 0.15) is 37.3 Å². The van der Waals surface area contributed by atoms with Crippen LogP contribution in [0.4, 0.5) is 4.79 Å². The standard InChI is InChI=1S/C15H17N3O2/c1-2-3-8-13-14(19)18(15(20)17-13)10-12-7-5-4-6-11(12)9-16/h4-7,13H,2-3,8,10H2,1H3,(H,17,20). The van der Waals surface area contributed by atoms with Crippen LogP contribution in [0.2, 0.25) is 0 Å². The molecule has 0 radical (unpaired) electrons. The van der Waals surface area contributed by atoms with Gasteiger partial charge in [0.2, 0.25) is 0 Å². The fourth-order valence-corrected chi connectivity index (χ4v) is 2.27. The molecule has 0 aromatic heterocycles. The topological polar surface area (TPSA) is 73.2 Å². The third-order valence-corrected chi connectivity index (χ3v) is 3.42. The molecular weight excluding hydrogens is 254 g/mol. The van der Waals surface area contributed by atoms with Crippen LogP contribution in [0.15, 0.2) is 24.3 Å². The van der Waals surface area contributed by atoms with E-state index < -0.39 is 6.04 Å². The fourth-order valence-electron chi connectivity index (χ4n) is 2.27. The van der Waals surface area contributed by atoms with Gasteiger partial charge in [0.25, 0.3) is 5.91 Å². The highest BCUT2D eigenvalue weighted by molar-refractivity contribution is 6.04. The van der Waals surface area contributed by atoms with Gasteiger partial charge in [0.1, 0.15) is 6.04 Å². The van der Waals surface area contributed by atoms with E-state index >= 15 is 0 Å². The largest absolute Gasteiger partial charge is 0.326 e. The molecule has 5 heteroatoms. The highest BCUT2D eigenvalue weighted by Gasteiger charge is 2.37. The first-order valence-electron chi connectivity index (χ1n) is 6.77. The molecule has 0 aliphatic carbocycles. The number of benzene rings is 1. The number of nitrogens with zero attached hydrogens (tertiary/aromatic N) is 2. The van der Waals surface area contributed by atoms with Crippen LogP contribution in [0.25, 0.3) is 0 Å². The van der Waals surface area contributed by atoms with Crippen molar-refractivity contribution in [3.05, 3.63) is 35.4 Å². The van der Waals surface area contributed by atoms with Crippen molar-refractivity contribution in [1.29, 1.82) is 5.26 Å². The lowest BCUT2D eigenvalue weighted by molar-refractivity contribution is -0.128. The third-order valence-electron chi connectivity index (χ3n) is 3.42. The zero-order valence-electron chi connectivity index (χ0n) is 11.4. The summed E-state index contributed by atoms with van der Waals surface area (Å²) in [6.07, 6.45) is 2.55. The van der Waals surface area contributed by atoms with E-state index in [1.807, 2.05) is 6.92 Å². The molecule has 1 fully saturated rings. The lowest BCUT2D eigenvalue weighted by Gasteiger charge is -2.13. The van der Waals surface area contributed by atoms with Gasteiger partial charge in [0, 0.05) is 0 Å². The summed E-state index contributed by atoms with van der Waals surface area (Å²) in [4.78, 5) is 25.2. The monoisotopic (exact) mass is 271 g/mol. The minimum atomic E-state index is -0.420. The van der Waals surface area contributed by atoms with Crippen molar-refractivity contribution in [3.8, 4) is 6.07 Å². The second-order valence-electron chi connectivity index (χ2n) is 4.84. The summed E-state index contributed by atoms with van der Waals surface area (Å²) in [5, 5.41) is 11.7. The van der Waals surface area contributed by atoms with Crippen molar-refractivity contribution >= 4 is 11.9 Å². The Morgan fingerprint density at radius 2 is 2.10 bits per heavy atom. The van der Waals surface area contributed by atoms with Crippen LogP contribution in [0.3, 0.4) is 0 Å². The molecule has 1 heterocycles. The maximum Gasteiger partial charge on any atom is 0.325 e. The van der Waals surface area contributed by atoms with Gasteiger partial charge >= 0.3 is 6.03 Å². The van der Waals surface area contributed by atoms with E-state index in [0.717, 1.165) is 12.8 Å². The molecule has 1 N–H and O–H groups in total. The van der Waals surface area contributed by atoms with Crippen LogP contribution in [-0.4, -0.2) is 22.9 Å². The summed E-state index contributed by atoms with van der Waals surface area (Å²) in [6, 6.07) is 8.29. The van der Waals surface area contributed by atoms with E-state index in [0.29, 0.717) is 17.5 Å². The zero-order chi connectivity index (χ0) is 14.5. The molecule has 5 nitrogen and oxygen atoms in total. The molecule has 1 atom stereocenters. The van der Waals surface area contributed by atoms with Crippen LogP contribution in [0.5, 0.6) is 0 Å². The Morgan fingerprint density at radius 1 is 1.35 bits per heavy atom. The highest BCUT2D eigenvalue weighted by Crippen LogP contribution is 2.17. The lowest BCUT2D eigenvalue weighted by Crippen LogP contribution is -2.31. The molecule has 1 aromatic carbocycles. The van der Waals surface area contributed by atoms with Gasteiger partial charge in [-0.3, -0.25) is 9.69 Å². The molecule has 104 valence electrons. The molecule has 1 aliphatic heterocycles. The number of nitriles is 1. The van der Waals surface area contributed by atoms with E-state index in [-0.39, 0.29) is 18.5 Å². The van der Waals surface area contributed by atoms with E-state index in [4.69, 9.17) is 5.26 Å². The number of urea groups is 1. The number of unbranched alkanes of at least 4 members (excludes halogenated alkanes) is 1. The van der Waals surface area contributed by atoms with Crippen LogP contribution < -0.4 is 5.32 Å². The first-order chi connectivity index (χ1) is 9.67. The minimum Gasteiger partial charge on any atom is -0.326 e. The quantitative estimate of drug-likeness (QED) is 0.834. The Morgan fingerprint density at radius 3 is 2.80 bits per heavy atom. The van der Waals surface area contributed by atoms with Gasteiger partial charge < -0.3 is 5.32 Å². The number of amides is 3. The number of hydrogen-bond acceptors (Lipinski definition) is 3. The maximum absolute atomic E-state index is 12.2. The van der Waals surface area contributed by atoms with Crippen molar-refractivity contribution in [1.82, 2.24) is 10.2 Å². The SMILES string of the molecule is CCCCC1NC(=O)N(Cc2ccccc2C#N)C1=O. The summed E-state index contributed by atoms with van der Waals surface area (Å²) < 4.78 is 0. The number of carbonyl (C=O) groups is 2. The summed E-state index contributed by atoms with van der Waals surface area (Å²) in [7, 11) is 0. The molecule has 0 saturated carbocycles. The Bertz CT molecular complexity index is 562. The van der Waals surface area contributed by atoms with E-state index in [1.54, 1.807) is 24.3 Å². The molecular formula is C15H17N3O2. The second-order valence-corrected chi connectivity index (χ2v) is 4.84. The van der Waals surface area contributed by atoms with Crippen molar-refractivity contribution in [2.24, 2.45) is 0 Å². The average Bonchev–Trinajstić information content (AvgIpc) is 2.73. The number of rotatable bonds is 5. The number of imide groups is 1. The molecule has 3 amide bonds. The average molecular weight is 271 g/mol. The first-order valence-corrected chi connectivity index (χ1v) is 6.77. The van der Waals surface area contributed by atoms with E-state index in [2.05, 4.69) is 11.4 Å². The van der Waals surface area contributed by atoms with Crippen molar-refractivity contribution in [2.45, 2.75) is 38.8 Å². The van der Waals surface area contributed by atoms with Crippen LogP contribution >= 0.6 is 0 Å². The third kappa shape index (κ3) is 2.80. The van der Waals surface area contributed by atoms with Crippen molar-refractivity contribution in [2.75, 3.05) is 0 Å². The fraction of sp³-hybridized carbons (Fsp3) is 0.400. The number of hydrogen-bond donors (Lipinski definition) is 1. The maximum atomic E-state index is 12.2. The van der Waals surface area contributed by atoms with Gasteiger partial charge in [0.05, 0.1) is 18.2 Å². The summed E-state index contributed by atoms with van der Waals surface area (Å²) in [5.41, 5.74) is 1.18. The minimum absolute atomic E-state index is 0.150. The molecule has 2 rings (SSSR count). The Kier molecular flexibility index (Phi) is 4.36. The molecule has 0 spiro atoms. The Labute approximate surface area is 118 Å². The van der Waals surface area contributed by atoms with Gasteiger partial charge in [-0.25, -0.2) is 4.79 Å². The summed E-state index contributed by atoms with van der Waals surface area (Å²) >= 11 is 0. The smallest absolute Gasteiger partial charge is 0.325 e. The van der Waals surface area contributed by atoms with Gasteiger partial charge in [-0.15, -0.1) is 0 Å². The lowest BCUT2D eigenvalue weighted by atomic mass is 10.1. The predicted octanol–water partition coefficient (Wildman–Crippen LogP) is 2.17. The molecule has 1 aliphatic rings. The summed E-state index contributed by atoms with van der Waals surface area (Å²) in [5.74, 6) is -0.198. The van der Waals surface area contributed by atoms with E-state index in [1.165, 1.54) is 4.90 Å². The molecule has 0 bridgehead atoms. The molecule has 1 unspecified atom stereocenters. The predicted molar refractivity (Wildman–Crippen MR) is 73.6 cm³/mol. The molecule has 1 aromatic rings. The van der Waals surface area contributed by atoms with Gasteiger partial charge in [0.15, 0.2) is 0 Å². The summed E-state index contributed by atoms with van der Waals surface area (Å²) in [6.45, 7) is 2.19. The van der Waals surface area contributed by atoms with Gasteiger partial charge in [-0.1, -0.05) is 38.0 Å². The van der Waals surface area contributed by atoms with Gasteiger partial charge in [-0.05, 0) is 18.1 Å². The van der Waals surface area contributed by atoms with E-state index in [9.17, 15) is 9.59 Å². The number of nitrogens with one attached hydrogen (secondary N) is 1. The highest BCUT2D eigenvalue weighted by atomic mass is 16.2. The Balaban J connectivity index is 2.12. The van der Waals surface area contributed by atoms with Crippen molar-refractivity contribution in [3.63, 3.8) is 0 Å². The second kappa shape index (κ2) is 6.20. The van der Waals surface area contributed by atoms with Gasteiger partial charge in [-0.2, -0.15) is 5.26 Å². The number of carbonyl (C=O) groups excluding carboxylic acids is 2. The normalized spacial score (nSPS) is 18.0. The van der Waals surface area contributed by atoms with Crippen molar-refractivity contribution < 1.29 is 9.59 Å².